The highest BCUT2D eigenvalue weighted by molar-refractivity contribution is 9.10. The van der Waals surface area contributed by atoms with E-state index in [9.17, 15) is 4.39 Å². The van der Waals surface area contributed by atoms with Crippen LogP contribution in [0.4, 0.5) is 15.8 Å². The van der Waals surface area contributed by atoms with Crippen molar-refractivity contribution in [2.24, 2.45) is 0 Å². The molecule has 0 aliphatic heterocycles. The van der Waals surface area contributed by atoms with Crippen molar-refractivity contribution in [3.63, 3.8) is 0 Å². The molecule has 82 valence electrons. The molecule has 0 unspecified atom stereocenters. The maximum absolute atomic E-state index is 13.3. The van der Waals surface area contributed by atoms with E-state index < -0.39 is 0 Å². The summed E-state index contributed by atoms with van der Waals surface area (Å²) < 4.78 is 14.6. The van der Waals surface area contributed by atoms with Gasteiger partial charge in [0.2, 0.25) is 0 Å². The molecule has 5 heteroatoms. The van der Waals surface area contributed by atoms with Crippen LogP contribution < -0.4 is 5.32 Å². The van der Waals surface area contributed by atoms with E-state index in [4.69, 9.17) is 0 Å². The third-order valence-electron chi connectivity index (χ3n) is 1.97. The molecule has 0 fully saturated rings. The molecule has 1 aromatic heterocycles. The Morgan fingerprint density at radius 3 is 2.62 bits per heavy atom. The molecule has 1 heterocycles. The molecule has 1 aromatic carbocycles. The van der Waals surface area contributed by atoms with Gasteiger partial charge in [-0.2, -0.15) is 0 Å². The molecule has 0 bridgehead atoms. The van der Waals surface area contributed by atoms with E-state index in [1.807, 2.05) is 6.07 Å². The Morgan fingerprint density at radius 1 is 1.12 bits per heavy atom. The number of nitrogens with one attached hydrogen (secondary N) is 1. The van der Waals surface area contributed by atoms with Gasteiger partial charge in [0.25, 0.3) is 0 Å². The fourth-order valence-corrected chi connectivity index (χ4v) is 1.80. The summed E-state index contributed by atoms with van der Waals surface area (Å²) in [5, 5.41) is 3.09. The van der Waals surface area contributed by atoms with Crippen LogP contribution in [0.2, 0.25) is 0 Å². The first-order chi connectivity index (χ1) is 7.66. The van der Waals surface area contributed by atoms with Crippen LogP contribution in [0.15, 0.2) is 45.6 Å². The van der Waals surface area contributed by atoms with Crippen molar-refractivity contribution in [1.29, 1.82) is 0 Å². The van der Waals surface area contributed by atoms with E-state index in [2.05, 4.69) is 42.2 Å². The van der Waals surface area contributed by atoms with E-state index in [0.717, 1.165) is 10.2 Å². The van der Waals surface area contributed by atoms with Crippen LogP contribution in [0.25, 0.3) is 0 Å². The Kier molecular flexibility index (Phi) is 3.56. The second kappa shape index (κ2) is 4.93. The number of benzene rings is 1. The molecule has 2 nitrogen and oxygen atoms in total. The monoisotopic (exact) mass is 344 g/mol. The maximum atomic E-state index is 13.3. The van der Waals surface area contributed by atoms with Gasteiger partial charge in [0.05, 0.1) is 14.6 Å². The van der Waals surface area contributed by atoms with Gasteiger partial charge in [0.1, 0.15) is 5.82 Å². The van der Waals surface area contributed by atoms with Crippen LogP contribution in [0, 0.1) is 5.82 Å². The summed E-state index contributed by atoms with van der Waals surface area (Å²) in [5.74, 6) is -0.296. The lowest BCUT2D eigenvalue weighted by Crippen LogP contribution is -1.92. The quantitative estimate of drug-likeness (QED) is 0.867. The summed E-state index contributed by atoms with van der Waals surface area (Å²) in [7, 11) is 0. The van der Waals surface area contributed by atoms with E-state index in [1.165, 1.54) is 6.07 Å². The van der Waals surface area contributed by atoms with Gasteiger partial charge < -0.3 is 5.32 Å². The first-order valence-electron chi connectivity index (χ1n) is 4.48. The van der Waals surface area contributed by atoms with Crippen LogP contribution >= 0.6 is 31.9 Å². The topological polar surface area (TPSA) is 24.9 Å². The first kappa shape index (κ1) is 11.5. The van der Waals surface area contributed by atoms with Crippen molar-refractivity contribution in [3.8, 4) is 0 Å². The molecule has 0 aliphatic rings. The van der Waals surface area contributed by atoms with Crippen molar-refractivity contribution in [2.75, 3.05) is 5.32 Å². The normalized spacial score (nSPS) is 10.2. The number of rotatable bonds is 2. The van der Waals surface area contributed by atoms with Gasteiger partial charge in [-0.05, 0) is 56.1 Å². The van der Waals surface area contributed by atoms with Crippen LogP contribution in [0.3, 0.4) is 0 Å². The minimum atomic E-state index is -0.296. The number of anilines is 2. The lowest BCUT2D eigenvalue weighted by molar-refractivity contribution is 0.622. The maximum Gasteiger partial charge on any atom is 0.139 e. The van der Waals surface area contributed by atoms with Gasteiger partial charge in [0.15, 0.2) is 0 Å². The standard InChI is InChI=1S/C11H7Br2FN2/c12-8-2-1-7(5-10(8)14)16-11-3-4-15-6-9(11)13/h1-6H,(H,15,16). The molecule has 0 spiro atoms. The molecule has 0 amide bonds. The van der Waals surface area contributed by atoms with Gasteiger partial charge in [-0.1, -0.05) is 0 Å². The molecule has 16 heavy (non-hydrogen) atoms. The summed E-state index contributed by atoms with van der Waals surface area (Å²) in [5.41, 5.74) is 1.53. The number of pyridine rings is 1. The van der Waals surface area contributed by atoms with Gasteiger partial charge >= 0.3 is 0 Å². The van der Waals surface area contributed by atoms with E-state index in [0.29, 0.717) is 10.2 Å². The van der Waals surface area contributed by atoms with Crippen LogP contribution in [0.5, 0.6) is 0 Å². The molecular weight excluding hydrogens is 339 g/mol. The third-order valence-corrected chi connectivity index (χ3v) is 3.25. The van der Waals surface area contributed by atoms with Gasteiger partial charge in [-0.3, -0.25) is 4.98 Å². The molecule has 1 N–H and O–H groups in total. The highest BCUT2D eigenvalue weighted by Crippen LogP contribution is 2.26. The van der Waals surface area contributed by atoms with Crippen molar-refractivity contribution in [3.05, 3.63) is 51.4 Å². The largest absolute Gasteiger partial charge is 0.354 e. The summed E-state index contributed by atoms with van der Waals surface area (Å²) in [6.45, 7) is 0. The Balaban J connectivity index is 2.28. The Bertz CT molecular complexity index is 517. The summed E-state index contributed by atoms with van der Waals surface area (Å²) in [6, 6.07) is 6.69. The number of hydrogen-bond acceptors (Lipinski definition) is 2. The molecule has 0 radical (unpaired) electrons. The molecule has 0 aliphatic carbocycles. The zero-order chi connectivity index (χ0) is 11.5. The Labute approximate surface area is 109 Å². The number of nitrogens with zero attached hydrogens (tertiary/aromatic N) is 1. The third kappa shape index (κ3) is 2.59. The van der Waals surface area contributed by atoms with E-state index in [-0.39, 0.29) is 5.82 Å². The lowest BCUT2D eigenvalue weighted by Gasteiger charge is -2.08. The fourth-order valence-electron chi connectivity index (χ4n) is 1.21. The van der Waals surface area contributed by atoms with Crippen molar-refractivity contribution in [1.82, 2.24) is 4.98 Å². The minimum absolute atomic E-state index is 0.296. The summed E-state index contributed by atoms with van der Waals surface area (Å²) >= 11 is 6.47. The van der Waals surface area contributed by atoms with Gasteiger partial charge in [-0.25, -0.2) is 4.39 Å². The van der Waals surface area contributed by atoms with Crippen molar-refractivity contribution in [2.45, 2.75) is 0 Å². The van der Waals surface area contributed by atoms with Crippen LogP contribution in [-0.4, -0.2) is 4.98 Å². The van der Waals surface area contributed by atoms with Gasteiger partial charge in [-0.15, -0.1) is 0 Å². The number of hydrogen-bond donors (Lipinski definition) is 1. The summed E-state index contributed by atoms with van der Waals surface area (Å²) in [4.78, 5) is 3.95. The van der Waals surface area contributed by atoms with E-state index in [1.54, 1.807) is 24.5 Å². The highest BCUT2D eigenvalue weighted by Gasteiger charge is 2.03. The Hall–Kier alpha value is -0.940. The predicted molar refractivity (Wildman–Crippen MR) is 69.3 cm³/mol. The Morgan fingerprint density at radius 2 is 1.94 bits per heavy atom. The van der Waals surface area contributed by atoms with Crippen molar-refractivity contribution >= 4 is 43.2 Å². The highest BCUT2D eigenvalue weighted by atomic mass is 79.9. The molecule has 0 atom stereocenters. The number of aromatic nitrogens is 1. The SMILES string of the molecule is Fc1cc(Nc2ccncc2Br)ccc1Br. The average molecular weight is 346 g/mol. The van der Waals surface area contributed by atoms with Gasteiger partial charge in [0, 0.05) is 18.1 Å². The summed E-state index contributed by atoms with van der Waals surface area (Å²) in [6.07, 6.45) is 3.35. The average Bonchev–Trinajstić information content (AvgIpc) is 2.27. The molecular formula is C11H7Br2FN2. The lowest BCUT2D eigenvalue weighted by atomic mass is 10.3. The smallest absolute Gasteiger partial charge is 0.139 e. The zero-order valence-electron chi connectivity index (χ0n) is 8.05. The minimum Gasteiger partial charge on any atom is -0.354 e. The van der Waals surface area contributed by atoms with Crippen molar-refractivity contribution < 1.29 is 4.39 Å². The number of halogens is 3. The van der Waals surface area contributed by atoms with Crippen LogP contribution in [0.1, 0.15) is 0 Å². The fraction of sp³-hybridized carbons (Fsp3) is 0. The zero-order valence-corrected chi connectivity index (χ0v) is 11.2. The molecule has 0 saturated carbocycles. The predicted octanol–water partition coefficient (Wildman–Crippen LogP) is 4.49. The molecule has 0 saturated heterocycles. The molecule has 2 aromatic rings. The second-order valence-electron chi connectivity index (χ2n) is 3.11. The van der Waals surface area contributed by atoms with E-state index >= 15 is 0 Å². The van der Waals surface area contributed by atoms with Crippen LogP contribution in [-0.2, 0) is 0 Å². The second-order valence-corrected chi connectivity index (χ2v) is 4.82. The first-order valence-corrected chi connectivity index (χ1v) is 6.07. The molecule has 2 rings (SSSR count).